The summed E-state index contributed by atoms with van der Waals surface area (Å²) in [6.07, 6.45) is 1.83. The standard InChI is InChI=1S/C16H28N4O2S/c1-12(2)13-9-20(16-17-5-8-23-16)10-14(13)18-15(21)11-19(3)6-7-22-4/h5,8,12-14H,6-7,9-11H2,1-4H3,(H,18,21)/t13-,14+/m1/s1. The number of amides is 1. The Kier molecular flexibility index (Phi) is 6.80. The van der Waals surface area contributed by atoms with Gasteiger partial charge in [0.1, 0.15) is 0 Å². The van der Waals surface area contributed by atoms with Gasteiger partial charge in [-0.15, -0.1) is 11.3 Å². The Hall–Kier alpha value is -1.18. The summed E-state index contributed by atoms with van der Waals surface area (Å²) in [6.45, 7) is 8.04. The van der Waals surface area contributed by atoms with E-state index in [9.17, 15) is 4.79 Å². The molecule has 0 aliphatic carbocycles. The van der Waals surface area contributed by atoms with E-state index in [-0.39, 0.29) is 11.9 Å². The molecule has 2 atom stereocenters. The molecular formula is C16H28N4O2S. The summed E-state index contributed by atoms with van der Waals surface area (Å²) in [6, 6.07) is 0.183. The Morgan fingerprint density at radius 1 is 1.57 bits per heavy atom. The van der Waals surface area contributed by atoms with Crippen molar-refractivity contribution in [2.45, 2.75) is 19.9 Å². The third-order valence-corrected chi connectivity index (χ3v) is 5.18. The minimum atomic E-state index is 0.0836. The van der Waals surface area contributed by atoms with Crippen molar-refractivity contribution in [3.63, 3.8) is 0 Å². The van der Waals surface area contributed by atoms with Crippen molar-refractivity contribution in [1.29, 1.82) is 0 Å². The molecule has 1 aliphatic rings. The highest BCUT2D eigenvalue weighted by molar-refractivity contribution is 7.13. The molecule has 1 fully saturated rings. The summed E-state index contributed by atoms with van der Waals surface area (Å²) in [5.41, 5.74) is 0. The number of ether oxygens (including phenoxy) is 1. The topological polar surface area (TPSA) is 57.7 Å². The molecule has 0 aromatic carbocycles. The summed E-state index contributed by atoms with van der Waals surface area (Å²) in [7, 11) is 3.61. The summed E-state index contributed by atoms with van der Waals surface area (Å²) in [5.74, 6) is 1.06. The van der Waals surface area contributed by atoms with E-state index in [4.69, 9.17) is 4.74 Å². The van der Waals surface area contributed by atoms with Crippen LogP contribution in [0, 0.1) is 11.8 Å². The van der Waals surface area contributed by atoms with E-state index in [0.29, 0.717) is 25.0 Å². The molecule has 1 saturated heterocycles. The van der Waals surface area contributed by atoms with Crippen LogP contribution in [0.15, 0.2) is 11.6 Å². The van der Waals surface area contributed by atoms with Gasteiger partial charge in [-0.25, -0.2) is 4.98 Å². The third kappa shape index (κ3) is 5.16. The number of carbonyl (C=O) groups is 1. The van der Waals surface area contributed by atoms with E-state index >= 15 is 0 Å². The van der Waals surface area contributed by atoms with Gasteiger partial charge in [0.15, 0.2) is 5.13 Å². The highest BCUT2D eigenvalue weighted by Crippen LogP contribution is 2.29. The van der Waals surface area contributed by atoms with E-state index in [1.54, 1.807) is 18.4 Å². The molecule has 2 heterocycles. The van der Waals surface area contributed by atoms with Gasteiger partial charge >= 0.3 is 0 Å². The van der Waals surface area contributed by atoms with Crippen LogP contribution in [-0.2, 0) is 9.53 Å². The first-order valence-corrected chi connectivity index (χ1v) is 9.00. The first kappa shape index (κ1) is 18.2. The van der Waals surface area contributed by atoms with Crippen LogP contribution in [0.2, 0.25) is 0 Å². The second-order valence-corrected chi connectivity index (χ2v) is 7.41. The number of methoxy groups -OCH3 is 1. The lowest BCUT2D eigenvalue weighted by molar-refractivity contribution is -0.123. The van der Waals surface area contributed by atoms with Crippen molar-refractivity contribution < 1.29 is 9.53 Å². The first-order valence-electron chi connectivity index (χ1n) is 8.12. The average Bonchev–Trinajstić information content (AvgIpc) is 3.13. The lowest BCUT2D eigenvalue weighted by atomic mass is 9.91. The van der Waals surface area contributed by atoms with Crippen LogP contribution in [0.3, 0.4) is 0 Å². The number of likely N-dealkylation sites (N-methyl/N-ethyl adjacent to an activating group) is 1. The zero-order valence-corrected chi connectivity index (χ0v) is 15.3. The number of carbonyl (C=O) groups excluding carboxylic acids is 1. The van der Waals surface area contributed by atoms with Gasteiger partial charge in [-0.2, -0.15) is 0 Å². The van der Waals surface area contributed by atoms with E-state index in [1.165, 1.54) is 0 Å². The molecule has 0 saturated carbocycles. The normalized spacial score (nSPS) is 21.4. The van der Waals surface area contributed by atoms with Crippen molar-refractivity contribution in [3.05, 3.63) is 11.6 Å². The molecule has 1 aliphatic heterocycles. The van der Waals surface area contributed by atoms with Gasteiger partial charge in [0.25, 0.3) is 0 Å². The maximum atomic E-state index is 12.3. The fraction of sp³-hybridized carbons (Fsp3) is 0.750. The molecule has 0 unspecified atom stereocenters. The minimum absolute atomic E-state index is 0.0836. The Morgan fingerprint density at radius 2 is 2.35 bits per heavy atom. The van der Waals surface area contributed by atoms with Crippen LogP contribution in [0.25, 0.3) is 0 Å². The highest BCUT2D eigenvalue weighted by atomic mass is 32.1. The van der Waals surface area contributed by atoms with Crippen LogP contribution in [-0.4, -0.2) is 68.8 Å². The number of hydrogen-bond acceptors (Lipinski definition) is 6. The molecule has 1 aromatic rings. The van der Waals surface area contributed by atoms with E-state index < -0.39 is 0 Å². The fourth-order valence-electron chi connectivity index (χ4n) is 3.01. The van der Waals surface area contributed by atoms with Gasteiger partial charge in [0.2, 0.25) is 5.91 Å². The summed E-state index contributed by atoms with van der Waals surface area (Å²) < 4.78 is 5.05. The highest BCUT2D eigenvalue weighted by Gasteiger charge is 2.36. The molecule has 7 heteroatoms. The van der Waals surface area contributed by atoms with Crippen LogP contribution in [0.4, 0.5) is 5.13 Å². The Bertz CT molecular complexity index is 480. The van der Waals surface area contributed by atoms with Gasteiger partial charge in [0, 0.05) is 44.2 Å². The molecule has 6 nitrogen and oxygen atoms in total. The zero-order valence-electron chi connectivity index (χ0n) is 14.5. The molecule has 130 valence electrons. The molecule has 0 radical (unpaired) electrons. The molecule has 1 N–H and O–H groups in total. The van der Waals surface area contributed by atoms with Gasteiger partial charge in [0.05, 0.1) is 19.2 Å². The van der Waals surface area contributed by atoms with Crippen LogP contribution >= 0.6 is 11.3 Å². The Morgan fingerprint density at radius 3 is 2.96 bits per heavy atom. The average molecular weight is 340 g/mol. The molecule has 2 rings (SSSR count). The number of aromatic nitrogens is 1. The molecule has 0 spiro atoms. The molecule has 1 amide bonds. The monoisotopic (exact) mass is 340 g/mol. The van der Waals surface area contributed by atoms with Crippen molar-refractivity contribution in [3.8, 4) is 0 Å². The van der Waals surface area contributed by atoms with E-state index in [1.807, 2.05) is 23.5 Å². The number of thiazole rings is 1. The summed E-state index contributed by atoms with van der Waals surface area (Å²) in [4.78, 5) is 21.0. The van der Waals surface area contributed by atoms with Crippen molar-refractivity contribution >= 4 is 22.4 Å². The number of rotatable bonds is 8. The Balaban J connectivity index is 1.90. The Labute approximate surface area is 142 Å². The summed E-state index contributed by atoms with van der Waals surface area (Å²) >= 11 is 1.65. The summed E-state index contributed by atoms with van der Waals surface area (Å²) in [5, 5.41) is 6.27. The second-order valence-electron chi connectivity index (χ2n) is 6.53. The van der Waals surface area contributed by atoms with E-state index in [2.05, 4.69) is 29.0 Å². The number of hydrogen-bond donors (Lipinski definition) is 1. The van der Waals surface area contributed by atoms with Crippen molar-refractivity contribution in [1.82, 2.24) is 15.2 Å². The van der Waals surface area contributed by atoms with Gasteiger partial charge in [-0.3, -0.25) is 9.69 Å². The largest absolute Gasteiger partial charge is 0.383 e. The quantitative estimate of drug-likeness (QED) is 0.773. The SMILES string of the molecule is COCCN(C)CC(=O)N[C@H]1CN(c2nccs2)C[C@@H]1C(C)C. The van der Waals surface area contributed by atoms with E-state index in [0.717, 1.165) is 24.8 Å². The number of anilines is 1. The maximum Gasteiger partial charge on any atom is 0.234 e. The smallest absolute Gasteiger partial charge is 0.234 e. The molecule has 0 bridgehead atoms. The molecular weight excluding hydrogens is 312 g/mol. The maximum absolute atomic E-state index is 12.3. The van der Waals surface area contributed by atoms with Crippen molar-refractivity contribution in [2.24, 2.45) is 11.8 Å². The number of nitrogens with one attached hydrogen (secondary N) is 1. The molecule has 23 heavy (non-hydrogen) atoms. The van der Waals surface area contributed by atoms with Crippen LogP contribution in [0.5, 0.6) is 0 Å². The first-order chi connectivity index (χ1) is 11.0. The van der Waals surface area contributed by atoms with Crippen molar-refractivity contribution in [2.75, 3.05) is 51.8 Å². The molecule has 1 aromatic heterocycles. The minimum Gasteiger partial charge on any atom is -0.383 e. The van der Waals surface area contributed by atoms with Gasteiger partial charge < -0.3 is 15.0 Å². The lowest BCUT2D eigenvalue weighted by Gasteiger charge is -2.24. The van der Waals surface area contributed by atoms with Crippen LogP contribution < -0.4 is 10.2 Å². The predicted molar refractivity (Wildman–Crippen MR) is 94.0 cm³/mol. The zero-order chi connectivity index (χ0) is 16.8. The van der Waals surface area contributed by atoms with Gasteiger partial charge in [-0.1, -0.05) is 13.8 Å². The van der Waals surface area contributed by atoms with Gasteiger partial charge in [-0.05, 0) is 13.0 Å². The van der Waals surface area contributed by atoms with Crippen LogP contribution in [0.1, 0.15) is 13.8 Å². The second kappa shape index (κ2) is 8.61. The third-order valence-electron chi connectivity index (χ3n) is 4.35. The fourth-order valence-corrected chi connectivity index (χ4v) is 3.67. The lowest BCUT2D eigenvalue weighted by Crippen LogP contribution is -2.46. The predicted octanol–water partition coefficient (Wildman–Crippen LogP) is 1.30. The number of nitrogens with zero attached hydrogens (tertiary/aromatic N) is 3.